The van der Waals surface area contributed by atoms with E-state index in [-0.39, 0.29) is 77.5 Å². The van der Waals surface area contributed by atoms with Gasteiger partial charge in [0.2, 0.25) is 65.0 Å². The van der Waals surface area contributed by atoms with Gasteiger partial charge in [0.05, 0.1) is 78.0 Å². The predicted molar refractivity (Wildman–Crippen MR) is 305 cm³/mol. The number of ether oxygens (including phenoxy) is 4. The molecule has 0 radical (unpaired) electrons. The molecule has 466 valence electrons. The van der Waals surface area contributed by atoms with Gasteiger partial charge in [0.25, 0.3) is 0 Å². The number of aromatic amines is 1. The number of benzene rings is 1. The van der Waals surface area contributed by atoms with E-state index in [0.717, 1.165) is 31.0 Å². The van der Waals surface area contributed by atoms with Gasteiger partial charge in [-0.15, -0.1) is 11.8 Å². The van der Waals surface area contributed by atoms with E-state index in [1.807, 2.05) is 0 Å². The molecule has 5 rings (SSSR count). The Morgan fingerprint density at radius 3 is 2.00 bits per heavy atom. The van der Waals surface area contributed by atoms with Crippen LogP contribution in [0, 0.1) is 11.8 Å². The number of hydrogen-bond acceptors (Lipinski definition) is 18. The molecule has 1 aromatic carbocycles. The number of hydrogen-bond donors (Lipinski definition) is 11. The molecule has 0 unspecified atom stereocenters. The molecular formula is C55H78N12O17S. The van der Waals surface area contributed by atoms with Gasteiger partial charge < -0.3 is 82.0 Å². The van der Waals surface area contributed by atoms with E-state index < -0.39 is 145 Å². The zero-order chi connectivity index (χ0) is 62.2. The molecule has 29 nitrogen and oxygen atoms in total. The highest BCUT2D eigenvalue weighted by Crippen LogP contribution is 2.34. The second-order valence-electron chi connectivity index (χ2n) is 20.4. The maximum Gasteiger partial charge on any atom is 0.308 e. The number of esters is 2. The molecule has 0 aliphatic carbocycles. The van der Waals surface area contributed by atoms with Crippen LogP contribution in [-0.4, -0.2) is 202 Å². The van der Waals surface area contributed by atoms with Gasteiger partial charge in [-0.05, 0) is 48.4 Å². The highest BCUT2D eigenvalue weighted by atomic mass is 32.2. The predicted octanol–water partition coefficient (Wildman–Crippen LogP) is -2.15. The summed E-state index contributed by atoms with van der Waals surface area (Å²) in [4.78, 5) is 179. The number of methoxy groups -OCH3 is 2. The minimum absolute atomic E-state index is 0.00406. The molecule has 2 bridgehead atoms. The smallest absolute Gasteiger partial charge is 0.308 e. The second-order valence-corrected chi connectivity index (χ2v) is 21.5. The summed E-state index contributed by atoms with van der Waals surface area (Å²) >= 11 is 1.01. The fraction of sp³-hybridized carbons (Fsp3) is 0.582. The number of rotatable bonds is 21. The number of anilines is 1. The molecule has 11 amide bonds. The van der Waals surface area contributed by atoms with Gasteiger partial charge >= 0.3 is 11.9 Å². The maximum atomic E-state index is 14.7. The molecular weight excluding hydrogens is 1130 g/mol. The Hall–Kier alpha value is -8.12. The van der Waals surface area contributed by atoms with E-state index >= 15 is 0 Å². The van der Waals surface area contributed by atoms with E-state index in [4.69, 9.17) is 14.2 Å². The largest absolute Gasteiger partial charge is 0.469 e. The first-order valence-electron chi connectivity index (χ1n) is 28.1. The number of amides is 11. The highest BCUT2D eigenvalue weighted by Gasteiger charge is 2.42. The number of aromatic nitrogens is 1. The van der Waals surface area contributed by atoms with Crippen molar-refractivity contribution >= 4 is 105 Å². The SMILES string of the molecule is CC[C@H](C)[C@@H]1NC(=O)CNC(=O)[C@@H]2Cc3c([nH]c4ccc(NC(=O)CCOCCOCCNC(=O)/C=C\C(=O)NCCC(=O)OC)cc34)SC[C@H](NC(=O)CNC1=O)C(=O)N[C@@H](CC(=O)OC)C(=O)N1CCC[C@H]1C(=O)N[C@@H]([C@@H](C)CC)C(=O)N2. The summed E-state index contributed by atoms with van der Waals surface area (Å²) in [5, 5.41) is 27.1. The summed E-state index contributed by atoms with van der Waals surface area (Å²) in [7, 11) is 2.33. The lowest BCUT2D eigenvalue weighted by atomic mass is 9.96. The fourth-order valence-corrected chi connectivity index (χ4v) is 10.3. The van der Waals surface area contributed by atoms with Crippen LogP contribution in [0.1, 0.15) is 78.2 Å². The second kappa shape index (κ2) is 34.0. The van der Waals surface area contributed by atoms with Crippen LogP contribution in [0.4, 0.5) is 5.69 Å². The summed E-state index contributed by atoms with van der Waals surface area (Å²) in [6.07, 6.45) is 2.29. The number of nitrogens with one attached hydrogen (secondary N) is 11. The van der Waals surface area contributed by atoms with Gasteiger partial charge in [-0.3, -0.25) is 62.3 Å². The van der Waals surface area contributed by atoms with Gasteiger partial charge in [0, 0.05) is 60.6 Å². The standard InChI is InChI=1S/C55H78N12O17S/c1-7-30(3)47-52(78)59-27-43(71)61-38-29-85-54-34(33-24-32(11-12-35(33)64-54)60-42(70)16-20-83-22-23-84-21-18-57-41(69)14-13-40(68)56-17-15-45(73)81-5)25-36(49(75)58-28-44(72)65-47)62-53(79)48(31(4)8-2)66-51(77)39-10-9-19-67(39)55(80)37(63-50(38)76)26-46(74)82-6/h11-14,24,30-31,36-39,47-48,64H,7-10,15-23,25-29H2,1-6H3,(H,56,68)(H,57,69)(H,58,75)(H,59,78)(H,60,70)(H,61,71)(H,62,79)(H,63,76)(H,65,72)(H,66,77)/b14-13-/t30-,31-,36-,37-,38-,39-,47-,48-/m0/s1. The lowest BCUT2D eigenvalue weighted by Gasteiger charge is -2.32. The molecule has 2 aromatic rings. The molecule has 1 fully saturated rings. The number of nitrogens with zero attached hydrogens (tertiary/aromatic N) is 1. The zero-order valence-corrected chi connectivity index (χ0v) is 49.3. The molecule has 30 heteroatoms. The summed E-state index contributed by atoms with van der Waals surface area (Å²) in [5.41, 5.74) is 1.15. The zero-order valence-electron chi connectivity index (χ0n) is 48.5. The fourth-order valence-electron chi connectivity index (χ4n) is 9.18. The van der Waals surface area contributed by atoms with Crippen molar-refractivity contribution < 1.29 is 81.3 Å². The minimum atomic E-state index is -1.60. The third kappa shape index (κ3) is 20.9. The summed E-state index contributed by atoms with van der Waals surface area (Å²) < 4.78 is 20.5. The molecule has 0 spiro atoms. The van der Waals surface area contributed by atoms with Crippen molar-refractivity contribution in [3.63, 3.8) is 0 Å². The molecule has 11 N–H and O–H groups in total. The average molecular weight is 1210 g/mol. The number of fused-ring (bicyclic) bond motifs is 5. The van der Waals surface area contributed by atoms with Crippen molar-refractivity contribution in [3.8, 4) is 0 Å². The van der Waals surface area contributed by atoms with Crippen molar-refractivity contribution in [2.75, 3.05) is 84.4 Å². The van der Waals surface area contributed by atoms with Crippen LogP contribution >= 0.6 is 11.8 Å². The van der Waals surface area contributed by atoms with Crippen LogP contribution in [0.2, 0.25) is 0 Å². The first-order chi connectivity index (χ1) is 40.7. The minimum Gasteiger partial charge on any atom is -0.469 e. The quantitative estimate of drug-likeness (QED) is 0.0360. The normalized spacial score (nSPS) is 22.0. The van der Waals surface area contributed by atoms with Gasteiger partial charge in [-0.25, -0.2) is 0 Å². The van der Waals surface area contributed by atoms with E-state index in [1.54, 1.807) is 45.9 Å². The molecule has 8 atom stereocenters. The van der Waals surface area contributed by atoms with Crippen molar-refractivity contribution in [2.24, 2.45) is 11.8 Å². The first-order valence-corrected chi connectivity index (χ1v) is 29.1. The summed E-state index contributed by atoms with van der Waals surface area (Å²) in [6.45, 7) is 6.27. The number of carbonyl (C=O) groups excluding carboxylic acids is 13. The van der Waals surface area contributed by atoms with Gasteiger partial charge in [0.1, 0.15) is 36.3 Å². The highest BCUT2D eigenvalue weighted by molar-refractivity contribution is 7.99. The van der Waals surface area contributed by atoms with E-state index in [2.05, 4.69) is 62.9 Å². The number of thioether (sulfide) groups is 1. The van der Waals surface area contributed by atoms with Crippen molar-refractivity contribution in [1.82, 2.24) is 57.7 Å². The van der Waals surface area contributed by atoms with Crippen LogP contribution in [-0.2, 0) is 87.7 Å². The van der Waals surface area contributed by atoms with Crippen molar-refractivity contribution in [3.05, 3.63) is 35.9 Å². The summed E-state index contributed by atoms with van der Waals surface area (Å²) in [5.74, 6) is -10.6. The molecule has 1 aromatic heterocycles. The van der Waals surface area contributed by atoms with E-state index in [1.165, 1.54) is 12.0 Å². The monoisotopic (exact) mass is 1210 g/mol. The molecule has 0 saturated carbocycles. The Morgan fingerprint density at radius 2 is 1.33 bits per heavy atom. The third-order valence-electron chi connectivity index (χ3n) is 14.4. The van der Waals surface area contributed by atoms with Crippen LogP contribution in [0.5, 0.6) is 0 Å². The lowest BCUT2D eigenvalue weighted by molar-refractivity contribution is -0.148. The number of carbonyl (C=O) groups is 13. The average Bonchev–Trinajstić information content (AvgIpc) is 3.86. The Bertz CT molecular complexity index is 2810. The van der Waals surface area contributed by atoms with Crippen LogP contribution in [0.3, 0.4) is 0 Å². The van der Waals surface area contributed by atoms with E-state index in [9.17, 15) is 62.3 Å². The molecule has 1 saturated heterocycles. The molecule has 3 aliphatic rings. The van der Waals surface area contributed by atoms with Crippen LogP contribution in [0.25, 0.3) is 10.9 Å². The Labute approximate surface area is 495 Å². The topological polar surface area (TPSA) is 398 Å². The lowest BCUT2D eigenvalue weighted by Crippen LogP contribution is -2.61. The van der Waals surface area contributed by atoms with Crippen LogP contribution < -0.4 is 53.2 Å². The third-order valence-corrected chi connectivity index (χ3v) is 15.5. The first kappa shape index (κ1) is 67.7. The molecule has 85 heavy (non-hydrogen) atoms. The van der Waals surface area contributed by atoms with Crippen molar-refractivity contribution in [1.29, 1.82) is 0 Å². The van der Waals surface area contributed by atoms with Crippen LogP contribution in [0.15, 0.2) is 35.4 Å². The van der Waals surface area contributed by atoms with Crippen molar-refractivity contribution in [2.45, 2.75) is 120 Å². The van der Waals surface area contributed by atoms with Gasteiger partial charge in [0.15, 0.2) is 0 Å². The maximum absolute atomic E-state index is 14.7. The van der Waals surface area contributed by atoms with Gasteiger partial charge in [-0.2, -0.15) is 0 Å². The molecule has 4 heterocycles. The Balaban J connectivity index is 1.43. The Kier molecular flexibility index (Phi) is 27.1. The molecule has 3 aliphatic heterocycles. The Morgan fingerprint density at radius 1 is 0.694 bits per heavy atom. The van der Waals surface area contributed by atoms with E-state index in [0.29, 0.717) is 46.4 Å². The summed E-state index contributed by atoms with van der Waals surface area (Å²) in [6, 6.07) is -3.32. The van der Waals surface area contributed by atoms with Gasteiger partial charge in [-0.1, -0.05) is 40.5 Å². The number of H-pyrrole nitrogens is 1.